The van der Waals surface area contributed by atoms with Crippen molar-refractivity contribution in [2.75, 3.05) is 20.2 Å². The van der Waals surface area contributed by atoms with Gasteiger partial charge in [0.1, 0.15) is 5.75 Å². The molecule has 0 aromatic heterocycles. The average molecular weight is 290 g/mol. The number of hydrogen-bond acceptors (Lipinski definition) is 3. The van der Waals surface area contributed by atoms with Gasteiger partial charge in [-0.1, -0.05) is 26.0 Å². The van der Waals surface area contributed by atoms with E-state index < -0.39 is 0 Å². The summed E-state index contributed by atoms with van der Waals surface area (Å²) in [5.41, 5.74) is 1.33. The van der Waals surface area contributed by atoms with Crippen LogP contribution in [0.25, 0.3) is 0 Å². The molecular weight excluding hydrogens is 264 g/mol. The van der Waals surface area contributed by atoms with Gasteiger partial charge in [0.25, 0.3) is 0 Å². The third-order valence-electron chi connectivity index (χ3n) is 3.96. The molecule has 1 fully saturated rings. The van der Waals surface area contributed by atoms with Crippen molar-refractivity contribution in [2.24, 2.45) is 5.92 Å². The van der Waals surface area contributed by atoms with E-state index in [0.717, 1.165) is 25.1 Å². The standard InChI is InChI=1S/C17H26N2O2/c1-12(2)10-19-17(20)11-18-15-7-14(8-15)13-5-4-6-16(9-13)21-3/h4-6,9,12,14-15,18H,7-8,10-11H2,1-3H3,(H,19,20). The highest BCUT2D eigenvalue weighted by molar-refractivity contribution is 5.78. The van der Waals surface area contributed by atoms with Gasteiger partial charge in [-0.3, -0.25) is 4.79 Å². The van der Waals surface area contributed by atoms with E-state index in [-0.39, 0.29) is 5.91 Å². The van der Waals surface area contributed by atoms with Gasteiger partial charge in [-0.15, -0.1) is 0 Å². The van der Waals surface area contributed by atoms with E-state index in [4.69, 9.17) is 4.74 Å². The molecule has 0 radical (unpaired) electrons. The van der Waals surface area contributed by atoms with Gasteiger partial charge < -0.3 is 15.4 Å². The molecule has 2 N–H and O–H groups in total. The molecule has 116 valence electrons. The van der Waals surface area contributed by atoms with Crippen LogP contribution >= 0.6 is 0 Å². The van der Waals surface area contributed by atoms with Crippen molar-refractivity contribution < 1.29 is 9.53 Å². The molecule has 1 saturated carbocycles. The monoisotopic (exact) mass is 290 g/mol. The maximum Gasteiger partial charge on any atom is 0.233 e. The Labute approximate surface area is 127 Å². The number of amides is 1. The summed E-state index contributed by atoms with van der Waals surface area (Å²) in [7, 11) is 1.69. The molecule has 4 nitrogen and oxygen atoms in total. The number of benzene rings is 1. The van der Waals surface area contributed by atoms with Crippen molar-refractivity contribution >= 4 is 5.91 Å². The Kier molecular flexibility index (Phi) is 5.62. The van der Waals surface area contributed by atoms with Crippen molar-refractivity contribution in [3.63, 3.8) is 0 Å². The van der Waals surface area contributed by atoms with E-state index in [9.17, 15) is 4.79 Å². The lowest BCUT2D eigenvalue weighted by molar-refractivity contribution is -0.120. The maximum atomic E-state index is 11.6. The molecule has 0 spiro atoms. The number of methoxy groups -OCH3 is 1. The average Bonchev–Trinajstić information content (AvgIpc) is 2.43. The summed E-state index contributed by atoms with van der Waals surface area (Å²) in [4.78, 5) is 11.6. The predicted octanol–water partition coefficient (Wildman–Crippen LogP) is 2.30. The van der Waals surface area contributed by atoms with Gasteiger partial charge in [0.2, 0.25) is 5.91 Å². The zero-order valence-corrected chi connectivity index (χ0v) is 13.2. The minimum Gasteiger partial charge on any atom is -0.497 e. The van der Waals surface area contributed by atoms with E-state index in [1.165, 1.54) is 5.56 Å². The Morgan fingerprint density at radius 3 is 2.81 bits per heavy atom. The summed E-state index contributed by atoms with van der Waals surface area (Å²) in [6.07, 6.45) is 2.18. The molecule has 1 aromatic rings. The second-order valence-electron chi connectivity index (χ2n) is 6.22. The highest BCUT2D eigenvalue weighted by atomic mass is 16.5. The van der Waals surface area contributed by atoms with Crippen LogP contribution in [-0.4, -0.2) is 32.1 Å². The lowest BCUT2D eigenvalue weighted by Gasteiger charge is -2.36. The third kappa shape index (κ3) is 4.74. The van der Waals surface area contributed by atoms with Crippen LogP contribution in [0.5, 0.6) is 5.75 Å². The summed E-state index contributed by atoms with van der Waals surface area (Å²) in [5, 5.41) is 6.25. The lowest BCUT2D eigenvalue weighted by atomic mass is 9.76. The predicted molar refractivity (Wildman–Crippen MR) is 84.6 cm³/mol. The van der Waals surface area contributed by atoms with Crippen LogP contribution in [0.4, 0.5) is 0 Å². The molecule has 0 aliphatic heterocycles. The molecule has 1 aliphatic rings. The van der Waals surface area contributed by atoms with E-state index in [0.29, 0.717) is 24.4 Å². The third-order valence-corrected chi connectivity index (χ3v) is 3.96. The van der Waals surface area contributed by atoms with E-state index in [1.807, 2.05) is 12.1 Å². The SMILES string of the molecule is COc1cccc(C2CC(NCC(=O)NCC(C)C)C2)c1. The largest absolute Gasteiger partial charge is 0.497 e. The molecule has 1 aliphatic carbocycles. The summed E-state index contributed by atoms with van der Waals surface area (Å²) < 4.78 is 5.26. The molecule has 2 rings (SSSR count). The van der Waals surface area contributed by atoms with Crippen LogP contribution in [0.1, 0.15) is 38.2 Å². The number of hydrogen-bond donors (Lipinski definition) is 2. The van der Waals surface area contributed by atoms with Crippen molar-refractivity contribution in [1.29, 1.82) is 0 Å². The molecule has 0 heterocycles. The van der Waals surface area contributed by atoms with Crippen molar-refractivity contribution in [3.05, 3.63) is 29.8 Å². The Morgan fingerprint density at radius 2 is 2.14 bits per heavy atom. The van der Waals surface area contributed by atoms with Gasteiger partial charge in [-0.25, -0.2) is 0 Å². The van der Waals surface area contributed by atoms with Gasteiger partial charge in [0.05, 0.1) is 13.7 Å². The Hall–Kier alpha value is -1.55. The van der Waals surface area contributed by atoms with Crippen LogP contribution in [0.3, 0.4) is 0 Å². The first-order chi connectivity index (χ1) is 10.1. The fraction of sp³-hybridized carbons (Fsp3) is 0.588. The highest BCUT2D eigenvalue weighted by Gasteiger charge is 2.30. The summed E-state index contributed by atoms with van der Waals surface area (Å²) >= 11 is 0. The zero-order valence-electron chi connectivity index (χ0n) is 13.2. The molecule has 21 heavy (non-hydrogen) atoms. The van der Waals surface area contributed by atoms with Gasteiger partial charge in [0.15, 0.2) is 0 Å². The van der Waals surface area contributed by atoms with Gasteiger partial charge in [-0.05, 0) is 42.4 Å². The first-order valence-corrected chi connectivity index (χ1v) is 7.72. The van der Waals surface area contributed by atoms with Crippen molar-refractivity contribution in [1.82, 2.24) is 10.6 Å². The molecule has 4 heteroatoms. The molecular formula is C17H26N2O2. The molecule has 1 aromatic carbocycles. The highest BCUT2D eigenvalue weighted by Crippen LogP contribution is 2.37. The quantitative estimate of drug-likeness (QED) is 0.810. The molecule has 0 atom stereocenters. The van der Waals surface area contributed by atoms with Gasteiger partial charge >= 0.3 is 0 Å². The van der Waals surface area contributed by atoms with Crippen molar-refractivity contribution in [3.8, 4) is 5.75 Å². The minimum atomic E-state index is 0.0912. The van der Waals surface area contributed by atoms with Crippen molar-refractivity contribution in [2.45, 2.75) is 38.6 Å². The first-order valence-electron chi connectivity index (χ1n) is 7.72. The smallest absolute Gasteiger partial charge is 0.233 e. The second-order valence-corrected chi connectivity index (χ2v) is 6.22. The summed E-state index contributed by atoms with van der Waals surface area (Å²) in [5.74, 6) is 2.08. The molecule has 1 amide bonds. The van der Waals surface area contributed by atoms with E-state index >= 15 is 0 Å². The van der Waals surface area contributed by atoms with E-state index in [2.05, 4.69) is 36.6 Å². The normalized spacial score (nSPS) is 21.0. The fourth-order valence-corrected chi connectivity index (χ4v) is 2.57. The topological polar surface area (TPSA) is 50.4 Å². The Morgan fingerprint density at radius 1 is 1.38 bits per heavy atom. The van der Waals surface area contributed by atoms with Crippen LogP contribution in [0.15, 0.2) is 24.3 Å². The van der Waals surface area contributed by atoms with Crippen LogP contribution < -0.4 is 15.4 Å². The van der Waals surface area contributed by atoms with Crippen LogP contribution in [0.2, 0.25) is 0 Å². The number of carbonyl (C=O) groups is 1. The second kappa shape index (κ2) is 7.46. The molecule has 0 bridgehead atoms. The number of ether oxygens (including phenoxy) is 1. The number of carbonyl (C=O) groups excluding carboxylic acids is 1. The summed E-state index contributed by atoms with van der Waals surface area (Å²) in [6, 6.07) is 8.71. The van der Waals surface area contributed by atoms with Gasteiger partial charge in [0, 0.05) is 12.6 Å². The molecule has 0 unspecified atom stereocenters. The molecule has 0 saturated heterocycles. The van der Waals surface area contributed by atoms with E-state index in [1.54, 1.807) is 7.11 Å². The Balaban J connectivity index is 1.68. The van der Waals surface area contributed by atoms with Gasteiger partial charge in [-0.2, -0.15) is 0 Å². The van der Waals surface area contributed by atoms with Crippen LogP contribution in [-0.2, 0) is 4.79 Å². The number of rotatable bonds is 7. The van der Waals surface area contributed by atoms with Crippen LogP contribution in [0, 0.1) is 5.92 Å². The lowest BCUT2D eigenvalue weighted by Crippen LogP contribution is -2.45. The Bertz CT molecular complexity index is 468. The number of nitrogens with one attached hydrogen (secondary N) is 2. The summed E-state index contributed by atoms with van der Waals surface area (Å²) in [6.45, 7) is 5.36. The minimum absolute atomic E-state index is 0.0912. The maximum absolute atomic E-state index is 11.6. The fourth-order valence-electron chi connectivity index (χ4n) is 2.57. The zero-order chi connectivity index (χ0) is 15.2. The first kappa shape index (κ1) is 15.8.